The third kappa shape index (κ3) is 5.29. The number of rotatable bonds is 8. The predicted molar refractivity (Wildman–Crippen MR) is 93.6 cm³/mol. The van der Waals surface area contributed by atoms with E-state index in [0.29, 0.717) is 5.92 Å². The summed E-state index contributed by atoms with van der Waals surface area (Å²) >= 11 is 0. The first-order valence-corrected chi connectivity index (χ1v) is 8.83. The molecule has 0 spiro atoms. The molecule has 0 aromatic carbocycles. The predicted octanol–water partition coefficient (Wildman–Crippen LogP) is 0.251. The van der Waals surface area contributed by atoms with Gasteiger partial charge < -0.3 is 25.2 Å². The third-order valence-corrected chi connectivity index (χ3v) is 4.65. The number of aliphatic hydroxyl groups is 1. The summed E-state index contributed by atoms with van der Waals surface area (Å²) in [6.45, 7) is 3.63. The fourth-order valence-electron chi connectivity index (χ4n) is 3.23. The number of amides is 1. The first kappa shape index (κ1) is 18.9. The highest BCUT2D eigenvalue weighted by Crippen LogP contribution is 2.27. The second kappa shape index (κ2) is 9.15. The molecule has 24 heavy (non-hydrogen) atoms. The van der Waals surface area contributed by atoms with Crippen LogP contribution in [-0.2, 0) is 11.3 Å². The molecule has 1 aliphatic rings. The van der Waals surface area contributed by atoms with Gasteiger partial charge in [0.05, 0.1) is 12.5 Å². The van der Waals surface area contributed by atoms with E-state index in [4.69, 9.17) is 5.73 Å². The van der Waals surface area contributed by atoms with E-state index in [1.165, 1.54) is 0 Å². The van der Waals surface area contributed by atoms with E-state index in [9.17, 15) is 9.90 Å². The Hall–Kier alpha value is -1.44. The first-order valence-electron chi connectivity index (χ1n) is 8.83. The molecule has 3 N–H and O–H groups in total. The normalized spacial score (nSPS) is 17.5. The van der Waals surface area contributed by atoms with Gasteiger partial charge in [-0.25, -0.2) is 4.98 Å². The Bertz CT molecular complexity index is 509. The summed E-state index contributed by atoms with van der Waals surface area (Å²) in [5.74, 6) is 1.55. The third-order valence-electron chi connectivity index (χ3n) is 4.65. The van der Waals surface area contributed by atoms with Crippen molar-refractivity contribution in [3.8, 4) is 0 Å². The molecule has 1 aliphatic heterocycles. The summed E-state index contributed by atoms with van der Waals surface area (Å²) in [5.41, 5.74) is 5.38. The van der Waals surface area contributed by atoms with Crippen molar-refractivity contribution in [3.05, 3.63) is 18.2 Å². The van der Waals surface area contributed by atoms with Gasteiger partial charge in [0.1, 0.15) is 5.82 Å². The van der Waals surface area contributed by atoms with Crippen LogP contribution in [0.4, 0.5) is 0 Å². The topological polar surface area (TPSA) is 87.6 Å². The van der Waals surface area contributed by atoms with Crippen LogP contribution in [0.15, 0.2) is 12.4 Å². The second-order valence-electron chi connectivity index (χ2n) is 6.88. The Morgan fingerprint density at radius 1 is 1.46 bits per heavy atom. The molecule has 1 aromatic rings. The maximum atomic E-state index is 12.1. The number of piperidine rings is 1. The molecule has 136 valence electrons. The molecule has 7 heteroatoms. The zero-order valence-electron chi connectivity index (χ0n) is 14.9. The number of hydrogen-bond acceptors (Lipinski definition) is 5. The lowest BCUT2D eigenvalue weighted by molar-refractivity contribution is -0.134. The molecule has 1 saturated heterocycles. The molecule has 0 unspecified atom stereocenters. The van der Waals surface area contributed by atoms with Crippen LogP contribution in [0.5, 0.6) is 0 Å². The van der Waals surface area contributed by atoms with E-state index < -0.39 is 6.10 Å². The monoisotopic (exact) mass is 337 g/mol. The molecule has 0 saturated carbocycles. The van der Waals surface area contributed by atoms with Gasteiger partial charge in [0.25, 0.3) is 0 Å². The summed E-state index contributed by atoms with van der Waals surface area (Å²) in [6.07, 6.45) is 6.28. The van der Waals surface area contributed by atoms with Crippen LogP contribution in [0.1, 0.15) is 37.4 Å². The van der Waals surface area contributed by atoms with Crippen molar-refractivity contribution in [3.63, 3.8) is 0 Å². The van der Waals surface area contributed by atoms with Crippen LogP contribution in [0.2, 0.25) is 0 Å². The van der Waals surface area contributed by atoms with Crippen molar-refractivity contribution in [1.82, 2.24) is 19.4 Å². The summed E-state index contributed by atoms with van der Waals surface area (Å²) in [5, 5.41) is 9.53. The Morgan fingerprint density at radius 2 is 2.17 bits per heavy atom. The summed E-state index contributed by atoms with van der Waals surface area (Å²) in [7, 11) is 4.17. The van der Waals surface area contributed by atoms with Gasteiger partial charge in [-0.05, 0) is 39.9 Å². The van der Waals surface area contributed by atoms with Crippen LogP contribution in [-0.4, -0.2) is 76.7 Å². The number of nitrogens with zero attached hydrogens (tertiary/aromatic N) is 4. The number of aliphatic hydroxyl groups excluding tert-OH is 1. The van der Waals surface area contributed by atoms with Crippen LogP contribution in [0, 0.1) is 0 Å². The van der Waals surface area contributed by atoms with Crippen molar-refractivity contribution in [2.45, 2.75) is 44.2 Å². The van der Waals surface area contributed by atoms with Gasteiger partial charge in [-0.2, -0.15) is 0 Å². The highest BCUT2D eigenvalue weighted by molar-refractivity contribution is 5.76. The van der Waals surface area contributed by atoms with Crippen molar-refractivity contribution < 1.29 is 9.90 Å². The zero-order chi connectivity index (χ0) is 17.5. The second-order valence-corrected chi connectivity index (χ2v) is 6.88. The smallest absolute Gasteiger partial charge is 0.225 e. The van der Waals surface area contributed by atoms with Crippen molar-refractivity contribution in [1.29, 1.82) is 0 Å². The number of likely N-dealkylation sites (tertiary alicyclic amines) is 1. The Kier molecular flexibility index (Phi) is 7.20. The Morgan fingerprint density at radius 3 is 2.79 bits per heavy atom. The molecule has 0 bridgehead atoms. The van der Waals surface area contributed by atoms with Crippen molar-refractivity contribution >= 4 is 5.91 Å². The first-order chi connectivity index (χ1) is 11.5. The molecule has 1 atom stereocenters. The molecule has 1 amide bonds. The standard InChI is InChI=1S/C17H31N5O2/c1-20(2)7-3-8-22-11-6-19-17(22)14-4-9-21(10-5-14)16(24)12-15(23)13-18/h6,11,14-15,23H,3-5,7-10,12-13,18H2,1-2H3/t15-/m1/s1. The van der Waals surface area contributed by atoms with Gasteiger partial charge in [-0.3, -0.25) is 4.79 Å². The Balaban J connectivity index is 1.84. The molecule has 1 fully saturated rings. The lowest BCUT2D eigenvalue weighted by Crippen LogP contribution is -2.40. The number of hydrogen-bond donors (Lipinski definition) is 2. The largest absolute Gasteiger partial charge is 0.391 e. The van der Waals surface area contributed by atoms with E-state index in [1.807, 2.05) is 11.1 Å². The SMILES string of the molecule is CN(C)CCCn1ccnc1C1CCN(C(=O)C[C@@H](O)CN)CC1. The fourth-order valence-corrected chi connectivity index (χ4v) is 3.23. The van der Waals surface area contributed by atoms with Crippen LogP contribution in [0.3, 0.4) is 0 Å². The highest BCUT2D eigenvalue weighted by Gasteiger charge is 2.27. The highest BCUT2D eigenvalue weighted by atomic mass is 16.3. The van der Waals surface area contributed by atoms with Crippen LogP contribution < -0.4 is 5.73 Å². The lowest BCUT2D eigenvalue weighted by atomic mass is 9.95. The van der Waals surface area contributed by atoms with E-state index in [-0.39, 0.29) is 18.9 Å². The van der Waals surface area contributed by atoms with E-state index in [1.54, 1.807) is 0 Å². The average molecular weight is 337 g/mol. The number of carbonyl (C=O) groups excluding carboxylic acids is 1. The minimum Gasteiger partial charge on any atom is -0.391 e. The van der Waals surface area contributed by atoms with Gasteiger partial charge in [-0.15, -0.1) is 0 Å². The van der Waals surface area contributed by atoms with Crippen LogP contribution in [0.25, 0.3) is 0 Å². The minimum absolute atomic E-state index is 0.000671. The summed E-state index contributed by atoms with van der Waals surface area (Å²) in [4.78, 5) is 20.7. The molecule has 2 rings (SSSR count). The maximum absolute atomic E-state index is 12.1. The van der Waals surface area contributed by atoms with Gasteiger partial charge in [0, 0.05) is 44.5 Å². The molecule has 1 aromatic heterocycles. The number of carbonyl (C=O) groups is 1. The average Bonchev–Trinajstić information content (AvgIpc) is 3.03. The molecule has 2 heterocycles. The molecule has 7 nitrogen and oxygen atoms in total. The summed E-state index contributed by atoms with van der Waals surface area (Å²) < 4.78 is 2.25. The molecule has 0 aliphatic carbocycles. The van der Waals surface area contributed by atoms with Gasteiger partial charge in [-0.1, -0.05) is 0 Å². The van der Waals surface area contributed by atoms with E-state index >= 15 is 0 Å². The molecule has 0 radical (unpaired) electrons. The zero-order valence-corrected chi connectivity index (χ0v) is 14.9. The minimum atomic E-state index is -0.731. The van der Waals surface area contributed by atoms with Gasteiger partial charge in [0.15, 0.2) is 0 Å². The van der Waals surface area contributed by atoms with E-state index in [0.717, 1.165) is 51.3 Å². The van der Waals surface area contributed by atoms with Crippen LogP contribution >= 0.6 is 0 Å². The lowest BCUT2D eigenvalue weighted by Gasteiger charge is -2.32. The Labute approximate surface area is 144 Å². The van der Waals surface area contributed by atoms with Crippen molar-refractivity contribution in [2.75, 3.05) is 40.3 Å². The quantitative estimate of drug-likeness (QED) is 0.710. The number of aromatic nitrogens is 2. The van der Waals surface area contributed by atoms with Crippen molar-refractivity contribution in [2.24, 2.45) is 5.73 Å². The van der Waals surface area contributed by atoms with E-state index in [2.05, 4.69) is 34.7 Å². The van der Waals surface area contributed by atoms with Gasteiger partial charge in [0.2, 0.25) is 5.91 Å². The maximum Gasteiger partial charge on any atom is 0.225 e. The summed E-state index contributed by atoms with van der Waals surface area (Å²) in [6, 6.07) is 0. The fraction of sp³-hybridized carbons (Fsp3) is 0.765. The molecular weight excluding hydrogens is 306 g/mol. The number of nitrogens with two attached hydrogens (primary N) is 1. The number of aryl methyl sites for hydroxylation is 1. The number of imidazole rings is 1. The molecular formula is C17H31N5O2. The van der Waals surface area contributed by atoms with Gasteiger partial charge >= 0.3 is 0 Å².